The quantitative estimate of drug-likeness (QED) is 0.384. The van der Waals surface area contributed by atoms with Crippen LogP contribution in [-0.2, 0) is 27.5 Å². The third-order valence-corrected chi connectivity index (χ3v) is 6.90. The maximum Gasteiger partial charge on any atom is 0.490 e. The van der Waals surface area contributed by atoms with Crippen LogP contribution in [0.2, 0.25) is 0 Å². The van der Waals surface area contributed by atoms with Crippen molar-refractivity contribution in [2.24, 2.45) is 5.41 Å². The first kappa shape index (κ1) is 38.5. The van der Waals surface area contributed by atoms with Gasteiger partial charge >= 0.3 is 36.4 Å². The summed E-state index contributed by atoms with van der Waals surface area (Å²) in [4.78, 5) is 40.5. The summed E-state index contributed by atoms with van der Waals surface area (Å²) in [7, 11) is 0. The van der Waals surface area contributed by atoms with E-state index in [0.717, 1.165) is 13.1 Å². The van der Waals surface area contributed by atoms with Crippen LogP contribution in [0.4, 0.5) is 39.5 Å². The lowest BCUT2D eigenvalue weighted by Crippen LogP contribution is -2.41. The molecule has 0 unspecified atom stereocenters. The van der Waals surface area contributed by atoms with Crippen LogP contribution in [0.3, 0.4) is 0 Å². The van der Waals surface area contributed by atoms with Gasteiger partial charge in [0.05, 0.1) is 6.54 Å². The largest absolute Gasteiger partial charge is 0.490 e. The molecule has 0 bridgehead atoms. The van der Waals surface area contributed by atoms with Crippen LogP contribution < -0.4 is 0 Å². The second-order valence-electron chi connectivity index (χ2n) is 9.43. The Morgan fingerprint density at radius 1 is 0.773 bits per heavy atom. The number of pyridine rings is 1. The highest BCUT2D eigenvalue weighted by molar-refractivity contribution is 7.09. The molecule has 2 fully saturated rings. The number of thiazole rings is 1. The van der Waals surface area contributed by atoms with Crippen molar-refractivity contribution in [2.45, 2.75) is 50.9 Å². The molecule has 2 aromatic rings. The van der Waals surface area contributed by atoms with Gasteiger partial charge in [-0.25, -0.2) is 19.4 Å². The molecule has 44 heavy (non-hydrogen) atoms. The van der Waals surface area contributed by atoms with Gasteiger partial charge in [-0.1, -0.05) is 6.07 Å². The van der Waals surface area contributed by atoms with Gasteiger partial charge in [-0.2, -0.15) is 39.5 Å². The van der Waals surface area contributed by atoms with E-state index < -0.39 is 36.4 Å². The molecule has 0 atom stereocenters. The Morgan fingerprint density at radius 2 is 1.23 bits per heavy atom. The van der Waals surface area contributed by atoms with Crippen molar-refractivity contribution in [1.82, 2.24) is 19.8 Å². The first-order valence-electron chi connectivity index (χ1n) is 12.3. The molecular formula is C24H27F9N4O6S. The molecular weight excluding hydrogens is 643 g/mol. The van der Waals surface area contributed by atoms with Gasteiger partial charge in [0.2, 0.25) is 0 Å². The van der Waals surface area contributed by atoms with E-state index in [9.17, 15) is 39.5 Å². The van der Waals surface area contributed by atoms with Crippen molar-refractivity contribution in [1.29, 1.82) is 0 Å². The van der Waals surface area contributed by atoms with Gasteiger partial charge in [0, 0.05) is 37.1 Å². The summed E-state index contributed by atoms with van der Waals surface area (Å²) in [6.45, 7) is 7.03. The summed E-state index contributed by atoms with van der Waals surface area (Å²) in [6.07, 6.45) is -5.45. The average molecular weight is 671 g/mol. The fourth-order valence-corrected chi connectivity index (χ4v) is 4.69. The second-order valence-corrected chi connectivity index (χ2v) is 10.4. The van der Waals surface area contributed by atoms with E-state index in [2.05, 4.69) is 31.2 Å². The third-order valence-electron chi connectivity index (χ3n) is 6.13. The molecule has 4 rings (SSSR count). The zero-order valence-corrected chi connectivity index (χ0v) is 23.3. The first-order chi connectivity index (χ1) is 20.1. The van der Waals surface area contributed by atoms with Crippen molar-refractivity contribution in [2.75, 3.05) is 26.2 Å². The third kappa shape index (κ3) is 14.8. The van der Waals surface area contributed by atoms with Gasteiger partial charge < -0.3 is 15.3 Å². The van der Waals surface area contributed by atoms with Crippen molar-refractivity contribution >= 4 is 29.2 Å². The molecule has 0 radical (unpaired) electrons. The molecule has 3 N–H and O–H groups in total. The van der Waals surface area contributed by atoms with E-state index in [1.165, 1.54) is 56.0 Å². The fraction of sp³-hybridized carbons (Fsp3) is 0.542. The number of alkyl halides is 9. The van der Waals surface area contributed by atoms with Gasteiger partial charge in [0.25, 0.3) is 0 Å². The number of halogens is 9. The van der Waals surface area contributed by atoms with Crippen LogP contribution in [0.25, 0.3) is 0 Å². The first-order valence-corrected chi connectivity index (χ1v) is 13.1. The number of carboxylic acids is 3. The number of carbonyl (C=O) groups is 3. The molecule has 0 aromatic carbocycles. The van der Waals surface area contributed by atoms with Crippen LogP contribution in [0.15, 0.2) is 36.1 Å². The van der Waals surface area contributed by atoms with Crippen molar-refractivity contribution in [3.8, 4) is 0 Å². The average Bonchev–Trinajstić information content (AvgIpc) is 3.56. The molecule has 10 nitrogen and oxygen atoms in total. The van der Waals surface area contributed by atoms with Gasteiger partial charge in [0.1, 0.15) is 5.01 Å². The van der Waals surface area contributed by atoms with Crippen LogP contribution >= 0.6 is 11.3 Å². The van der Waals surface area contributed by atoms with Crippen molar-refractivity contribution in [3.63, 3.8) is 0 Å². The highest BCUT2D eigenvalue weighted by Gasteiger charge is 2.41. The number of rotatable bonds is 4. The van der Waals surface area contributed by atoms with Crippen LogP contribution in [0, 0.1) is 5.41 Å². The summed E-state index contributed by atoms with van der Waals surface area (Å²) in [5, 5.41) is 24.7. The molecule has 2 saturated heterocycles. The molecule has 0 aliphatic carbocycles. The highest BCUT2D eigenvalue weighted by atomic mass is 32.1. The van der Waals surface area contributed by atoms with Crippen LogP contribution in [-0.4, -0.2) is 97.7 Å². The summed E-state index contributed by atoms with van der Waals surface area (Å²) in [5.74, 6) is -8.27. The number of hydrogen-bond donors (Lipinski definition) is 3. The number of piperidine rings is 1. The Labute approximate surface area is 247 Å². The lowest BCUT2D eigenvalue weighted by molar-refractivity contribution is -0.193. The van der Waals surface area contributed by atoms with Gasteiger partial charge in [-0.3, -0.25) is 14.8 Å². The van der Waals surface area contributed by atoms with E-state index in [1.807, 2.05) is 24.7 Å². The highest BCUT2D eigenvalue weighted by Crippen LogP contribution is 2.41. The van der Waals surface area contributed by atoms with Gasteiger partial charge in [0.15, 0.2) is 0 Å². The maximum absolute atomic E-state index is 10.6. The van der Waals surface area contributed by atoms with E-state index in [-0.39, 0.29) is 0 Å². The Kier molecular flexibility index (Phi) is 14.5. The zero-order valence-electron chi connectivity index (χ0n) is 22.5. The summed E-state index contributed by atoms with van der Waals surface area (Å²) >= 11 is 1.78. The number of nitrogens with zero attached hydrogens (tertiary/aromatic N) is 4. The SMILES string of the molecule is O=C(O)C(F)(F)F.O=C(O)C(F)(F)F.O=C(O)C(F)(F)F.c1cncc(CN2CCC3(CCN(Cc4nccs4)CC3)C2)c1. The van der Waals surface area contributed by atoms with E-state index in [0.29, 0.717) is 5.41 Å². The number of aromatic nitrogens is 2. The topological polar surface area (TPSA) is 144 Å². The summed E-state index contributed by atoms with van der Waals surface area (Å²) < 4.78 is 95.2. The van der Waals surface area contributed by atoms with Crippen molar-refractivity contribution < 1.29 is 69.2 Å². The van der Waals surface area contributed by atoms with Gasteiger partial charge in [-0.05, 0) is 55.9 Å². The van der Waals surface area contributed by atoms with Gasteiger partial charge in [-0.15, -0.1) is 11.3 Å². The fourth-order valence-electron chi connectivity index (χ4n) is 4.03. The molecule has 1 spiro atoms. The smallest absolute Gasteiger partial charge is 0.475 e. The van der Waals surface area contributed by atoms with Crippen LogP contribution in [0.1, 0.15) is 29.8 Å². The van der Waals surface area contributed by atoms with Crippen molar-refractivity contribution in [3.05, 3.63) is 46.7 Å². The monoisotopic (exact) mass is 670 g/mol. The molecule has 248 valence electrons. The lowest BCUT2D eigenvalue weighted by Gasteiger charge is -2.39. The number of aliphatic carboxylic acids is 3. The Balaban J connectivity index is 0.000000379. The summed E-state index contributed by atoms with van der Waals surface area (Å²) in [5.41, 5.74) is 1.90. The number of hydrogen-bond acceptors (Lipinski definition) is 8. The Hall–Kier alpha value is -3.52. The molecule has 2 aliphatic heterocycles. The molecule has 0 amide bonds. The zero-order chi connectivity index (χ0) is 33.8. The lowest BCUT2D eigenvalue weighted by atomic mass is 9.78. The second kappa shape index (κ2) is 16.5. The van der Waals surface area contributed by atoms with Crippen LogP contribution in [0.5, 0.6) is 0 Å². The molecule has 4 heterocycles. The predicted octanol–water partition coefficient (Wildman–Crippen LogP) is 4.93. The number of carboxylic acid groups (broad SMARTS) is 3. The molecule has 2 aromatic heterocycles. The molecule has 0 saturated carbocycles. The minimum atomic E-state index is -5.08. The normalized spacial score (nSPS) is 16.8. The maximum atomic E-state index is 10.6. The molecule has 2 aliphatic rings. The predicted molar refractivity (Wildman–Crippen MR) is 134 cm³/mol. The standard InChI is InChI=1S/C18H24N4S.3C2HF3O2/c1-2-16(12-19-6-1)13-22-10-5-18(15-22)3-8-21(9-4-18)14-17-20-7-11-23-17;3*3-2(4,5)1(6)7/h1-2,6-7,11-12H,3-5,8-10,13-15H2;3*(H,6,7). The number of likely N-dealkylation sites (tertiary alicyclic amines) is 2. The summed E-state index contributed by atoms with van der Waals surface area (Å²) in [6, 6.07) is 4.23. The Bertz CT molecular complexity index is 1110. The minimum Gasteiger partial charge on any atom is -0.475 e. The minimum absolute atomic E-state index is 0.557. The Morgan fingerprint density at radius 3 is 1.59 bits per heavy atom. The van der Waals surface area contributed by atoms with E-state index >= 15 is 0 Å². The van der Waals surface area contributed by atoms with E-state index in [4.69, 9.17) is 29.7 Å². The van der Waals surface area contributed by atoms with E-state index in [1.54, 1.807) is 11.3 Å². The molecule has 20 heteroatoms.